The van der Waals surface area contributed by atoms with Gasteiger partial charge in [0, 0.05) is 0 Å². The Hall–Kier alpha value is -1.41. The summed E-state index contributed by atoms with van der Waals surface area (Å²) in [5.74, 6) is -5.22. The monoisotopic (exact) mass is 280 g/mol. The van der Waals surface area contributed by atoms with E-state index < -0.39 is 39.1 Å². The fourth-order valence-corrected chi connectivity index (χ4v) is 2.96. The van der Waals surface area contributed by atoms with Gasteiger partial charge in [0.15, 0.2) is 0 Å². The van der Waals surface area contributed by atoms with Crippen molar-refractivity contribution >= 4 is 22.1 Å². The minimum Gasteiger partial charge on any atom is -0.481 e. The quantitative estimate of drug-likeness (QED) is 0.442. The SMILES string of the molecule is C=CCC(C(=O)O)(C(CCC)C(=O)O)S(=O)(=O)O. The Morgan fingerprint density at radius 1 is 1.39 bits per heavy atom. The second kappa shape index (κ2) is 5.96. The second-order valence-corrected chi connectivity index (χ2v) is 5.52. The van der Waals surface area contributed by atoms with Gasteiger partial charge in [-0.15, -0.1) is 6.58 Å². The van der Waals surface area contributed by atoms with Gasteiger partial charge in [0.1, 0.15) is 0 Å². The lowest BCUT2D eigenvalue weighted by molar-refractivity contribution is -0.152. The molecule has 7 nitrogen and oxygen atoms in total. The molecule has 0 aliphatic rings. The summed E-state index contributed by atoms with van der Waals surface area (Å²) in [5, 5.41) is 18.1. The first-order chi connectivity index (χ1) is 8.15. The summed E-state index contributed by atoms with van der Waals surface area (Å²) in [7, 11) is -5.11. The van der Waals surface area contributed by atoms with E-state index in [1.165, 1.54) is 0 Å². The third-order valence-electron chi connectivity index (χ3n) is 2.71. The molecular formula is C10H16O7S. The molecule has 0 spiro atoms. The van der Waals surface area contributed by atoms with Crippen molar-refractivity contribution < 1.29 is 32.8 Å². The van der Waals surface area contributed by atoms with Gasteiger partial charge in [-0.3, -0.25) is 14.1 Å². The van der Waals surface area contributed by atoms with Crippen LogP contribution in [-0.4, -0.2) is 39.9 Å². The van der Waals surface area contributed by atoms with Crippen LogP contribution in [0.25, 0.3) is 0 Å². The van der Waals surface area contributed by atoms with E-state index in [4.69, 9.17) is 14.8 Å². The largest absolute Gasteiger partial charge is 0.481 e. The van der Waals surface area contributed by atoms with E-state index in [-0.39, 0.29) is 12.8 Å². The molecule has 0 saturated carbocycles. The molecule has 0 aromatic carbocycles. The number of rotatable bonds is 8. The van der Waals surface area contributed by atoms with Gasteiger partial charge in [-0.1, -0.05) is 19.4 Å². The zero-order valence-electron chi connectivity index (χ0n) is 9.87. The second-order valence-electron chi connectivity index (χ2n) is 3.84. The Bertz CT molecular complexity index is 439. The Balaban J connectivity index is 6.06. The van der Waals surface area contributed by atoms with E-state index in [0.29, 0.717) is 0 Å². The Kier molecular flexibility index (Phi) is 5.50. The summed E-state index contributed by atoms with van der Waals surface area (Å²) in [4.78, 5) is 22.3. The highest BCUT2D eigenvalue weighted by Gasteiger charge is 2.58. The van der Waals surface area contributed by atoms with E-state index in [9.17, 15) is 18.0 Å². The van der Waals surface area contributed by atoms with Gasteiger partial charge in [-0.05, 0) is 12.8 Å². The maximum atomic E-state index is 11.4. The molecule has 0 saturated heterocycles. The van der Waals surface area contributed by atoms with Crippen LogP contribution >= 0.6 is 0 Å². The third kappa shape index (κ3) is 2.88. The predicted octanol–water partition coefficient (Wildman–Crippen LogP) is 0.775. The Morgan fingerprint density at radius 3 is 2.11 bits per heavy atom. The summed E-state index contributed by atoms with van der Waals surface area (Å²) in [6.07, 6.45) is 0.361. The Morgan fingerprint density at radius 2 is 1.89 bits per heavy atom. The summed E-state index contributed by atoms with van der Waals surface area (Å²) in [5.41, 5.74) is 0. The Labute approximate surface area is 105 Å². The number of allylic oxidation sites excluding steroid dienone is 1. The highest BCUT2D eigenvalue weighted by molar-refractivity contribution is 7.88. The standard InChI is InChI=1S/C10H16O7S/c1-3-5-7(8(11)12)10(6-4-2,9(13)14)18(15,16)17/h4,7H,2-3,5-6H2,1H3,(H,11,12)(H,13,14)(H,15,16,17). The van der Waals surface area contributed by atoms with Crippen molar-refractivity contribution in [2.45, 2.75) is 30.9 Å². The van der Waals surface area contributed by atoms with Crippen LogP contribution in [0, 0.1) is 5.92 Å². The van der Waals surface area contributed by atoms with Gasteiger partial charge < -0.3 is 10.2 Å². The molecular weight excluding hydrogens is 264 g/mol. The van der Waals surface area contributed by atoms with Crippen LogP contribution < -0.4 is 0 Å². The molecule has 2 unspecified atom stereocenters. The molecule has 0 aromatic rings. The molecule has 0 radical (unpaired) electrons. The number of hydrogen-bond donors (Lipinski definition) is 3. The average molecular weight is 280 g/mol. The first-order valence-electron chi connectivity index (χ1n) is 5.19. The smallest absolute Gasteiger partial charge is 0.328 e. The van der Waals surface area contributed by atoms with Crippen molar-refractivity contribution in [3.63, 3.8) is 0 Å². The number of carbonyl (C=O) groups is 2. The molecule has 2 atom stereocenters. The zero-order chi connectivity index (χ0) is 14.6. The molecule has 0 amide bonds. The number of aliphatic carboxylic acids is 2. The zero-order valence-corrected chi connectivity index (χ0v) is 10.7. The maximum absolute atomic E-state index is 11.4. The molecule has 0 bridgehead atoms. The van der Waals surface area contributed by atoms with E-state index in [1.807, 2.05) is 0 Å². The van der Waals surface area contributed by atoms with Crippen molar-refractivity contribution in [2.75, 3.05) is 0 Å². The maximum Gasteiger partial charge on any atom is 0.328 e. The lowest BCUT2D eigenvalue weighted by Gasteiger charge is -2.30. The third-order valence-corrected chi connectivity index (χ3v) is 4.25. The fraction of sp³-hybridized carbons (Fsp3) is 0.600. The number of hydrogen-bond acceptors (Lipinski definition) is 4. The first-order valence-corrected chi connectivity index (χ1v) is 6.63. The lowest BCUT2D eigenvalue weighted by Crippen LogP contribution is -2.54. The fourth-order valence-electron chi connectivity index (χ4n) is 1.83. The number of carboxylic acids is 2. The molecule has 0 heterocycles. The van der Waals surface area contributed by atoms with Gasteiger partial charge in [0.05, 0.1) is 5.92 Å². The first kappa shape index (κ1) is 16.6. The molecule has 18 heavy (non-hydrogen) atoms. The molecule has 0 rings (SSSR count). The van der Waals surface area contributed by atoms with E-state index in [1.54, 1.807) is 6.92 Å². The summed E-state index contributed by atoms with van der Waals surface area (Å²) >= 11 is 0. The molecule has 0 aliphatic heterocycles. The van der Waals surface area contributed by atoms with Crippen LogP contribution in [0.1, 0.15) is 26.2 Å². The van der Waals surface area contributed by atoms with Gasteiger partial charge in [0.2, 0.25) is 4.75 Å². The van der Waals surface area contributed by atoms with Crippen molar-refractivity contribution in [2.24, 2.45) is 5.92 Å². The van der Waals surface area contributed by atoms with Gasteiger partial charge in [-0.2, -0.15) is 8.42 Å². The highest BCUT2D eigenvalue weighted by atomic mass is 32.2. The minimum atomic E-state index is -5.11. The summed E-state index contributed by atoms with van der Waals surface area (Å²) in [6, 6.07) is 0. The average Bonchev–Trinajstić information content (AvgIpc) is 2.20. The molecule has 3 N–H and O–H groups in total. The van der Waals surface area contributed by atoms with Gasteiger partial charge in [0.25, 0.3) is 10.1 Å². The predicted molar refractivity (Wildman–Crippen MR) is 62.8 cm³/mol. The lowest BCUT2D eigenvalue weighted by atomic mass is 9.85. The van der Waals surface area contributed by atoms with Crippen LogP contribution in [0.3, 0.4) is 0 Å². The van der Waals surface area contributed by atoms with Crippen molar-refractivity contribution in [3.05, 3.63) is 12.7 Å². The van der Waals surface area contributed by atoms with Crippen LogP contribution in [0.2, 0.25) is 0 Å². The summed E-state index contributed by atoms with van der Waals surface area (Å²) < 4.78 is 29.1. The van der Waals surface area contributed by atoms with Crippen molar-refractivity contribution in [1.82, 2.24) is 0 Å². The van der Waals surface area contributed by atoms with Crippen LogP contribution in [0.4, 0.5) is 0 Å². The number of carboxylic acid groups (broad SMARTS) is 2. The topological polar surface area (TPSA) is 129 Å². The molecule has 104 valence electrons. The van der Waals surface area contributed by atoms with E-state index in [0.717, 1.165) is 6.08 Å². The van der Waals surface area contributed by atoms with Crippen molar-refractivity contribution in [3.8, 4) is 0 Å². The molecule has 0 fully saturated rings. The van der Waals surface area contributed by atoms with E-state index in [2.05, 4.69) is 6.58 Å². The van der Waals surface area contributed by atoms with Gasteiger partial charge in [-0.25, -0.2) is 0 Å². The van der Waals surface area contributed by atoms with Crippen LogP contribution in [-0.2, 0) is 19.7 Å². The van der Waals surface area contributed by atoms with E-state index >= 15 is 0 Å². The molecule has 0 aromatic heterocycles. The summed E-state index contributed by atoms with van der Waals surface area (Å²) in [6.45, 7) is 4.80. The molecule has 0 aliphatic carbocycles. The van der Waals surface area contributed by atoms with Crippen LogP contribution in [0.5, 0.6) is 0 Å². The normalized spacial score (nSPS) is 16.6. The van der Waals surface area contributed by atoms with Gasteiger partial charge >= 0.3 is 11.9 Å². The molecule has 8 heteroatoms. The van der Waals surface area contributed by atoms with Crippen molar-refractivity contribution in [1.29, 1.82) is 0 Å². The van der Waals surface area contributed by atoms with Crippen LogP contribution in [0.15, 0.2) is 12.7 Å². The highest BCUT2D eigenvalue weighted by Crippen LogP contribution is 2.34. The minimum absolute atomic E-state index is 0.185.